The molecule has 0 aliphatic heterocycles. The Morgan fingerprint density at radius 1 is 1.30 bits per heavy atom. The van der Waals surface area contributed by atoms with Crippen LogP contribution < -0.4 is 0 Å². The molecule has 4 atom stereocenters. The Bertz CT molecular complexity index is 237. The van der Waals surface area contributed by atoms with E-state index in [1.165, 1.54) is 12.8 Å². The highest BCUT2D eigenvalue weighted by Crippen LogP contribution is 2.64. The largest absolute Gasteiger partial charge is 0.161 e. The van der Waals surface area contributed by atoms with Gasteiger partial charge in [-0.05, 0) is 53.7 Å². The zero-order valence-corrected chi connectivity index (χ0v) is 6.86. The van der Waals surface area contributed by atoms with Crippen molar-refractivity contribution in [3.63, 3.8) is 0 Å². The van der Waals surface area contributed by atoms with Gasteiger partial charge in [0.2, 0.25) is 0 Å². The van der Waals surface area contributed by atoms with E-state index in [2.05, 4.69) is 5.87 Å². The summed E-state index contributed by atoms with van der Waals surface area (Å²) in [5.41, 5.74) is 0. The fourth-order valence-electron chi connectivity index (χ4n) is 3.23. The van der Waals surface area contributed by atoms with Crippen LogP contribution in [0, 0.1) is 23.7 Å². The monoisotopic (exact) mass is 152 g/mol. The first-order valence-electron chi connectivity index (χ1n) is 4.18. The fraction of sp³-hybridized carbons (Fsp3) is 0.778. The molecule has 0 N–H and O–H groups in total. The van der Waals surface area contributed by atoms with Crippen LogP contribution in [0.15, 0.2) is 0 Å². The topological polar surface area (TPSA) is 0 Å². The molecule has 3 aliphatic carbocycles. The molecule has 0 bridgehead atoms. The van der Waals surface area contributed by atoms with E-state index in [1.807, 2.05) is 0 Å². The minimum absolute atomic E-state index is 1.02. The van der Waals surface area contributed by atoms with Gasteiger partial charge in [0.15, 0.2) is 0 Å². The Morgan fingerprint density at radius 3 is 2.80 bits per heavy atom. The highest BCUT2D eigenvalue weighted by Gasteiger charge is 2.59. The summed E-state index contributed by atoms with van der Waals surface area (Å²) < 4.78 is 0. The first-order chi connectivity index (χ1) is 4.90. The van der Waals surface area contributed by atoms with Gasteiger partial charge in [-0.1, -0.05) is 0 Å². The van der Waals surface area contributed by atoms with Crippen molar-refractivity contribution in [2.45, 2.75) is 19.3 Å². The third-order valence-electron chi connectivity index (χ3n) is 3.78. The van der Waals surface area contributed by atoms with Gasteiger partial charge in [0.05, 0.1) is 0 Å². The predicted molar refractivity (Wildman–Crippen MR) is 47.5 cm³/mol. The summed E-state index contributed by atoms with van der Waals surface area (Å²) in [7, 11) is 1.79. The lowest BCUT2D eigenvalue weighted by molar-refractivity contribution is -0.0285. The van der Waals surface area contributed by atoms with E-state index in [0.717, 1.165) is 23.7 Å². The Labute approximate surface area is 65.2 Å². The van der Waals surface area contributed by atoms with E-state index in [4.69, 9.17) is 0 Å². The zero-order chi connectivity index (χ0) is 6.72. The molecule has 1 heteroatoms. The summed E-state index contributed by atoms with van der Waals surface area (Å²) in [6.45, 7) is 0. The molecule has 10 heavy (non-hydrogen) atoms. The predicted octanol–water partition coefficient (Wildman–Crippen LogP) is 2.00. The molecule has 0 aromatic carbocycles. The summed E-state index contributed by atoms with van der Waals surface area (Å²) in [4.78, 5) is 1.73. The number of hydrogen-bond acceptors (Lipinski definition) is 0. The van der Waals surface area contributed by atoms with E-state index < -0.39 is 0 Å². The van der Waals surface area contributed by atoms with Crippen LogP contribution in [-0.2, 0) is 0 Å². The van der Waals surface area contributed by atoms with Crippen molar-refractivity contribution in [2.24, 2.45) is 23.7 Å². The van der Waals surface area contributed by atoms with Gasteiger partial charge < -0.3 is 0 Å². The lowest BCUT2D eigenvalue weighted by atomic mass is 9.52. The van der Waals surface area contributed by atoms with Gasteiger partial charge in [-0.25, -0.2) is 0 Å². The number of hydrogen-bond donors (Lipinski definition) is 0. The van der Waals surface area contributed by atoms with Gasteiger partial charge in [-0.3, -0.25) is 0 Å². The van der Waals surface area contributed by atoms with E-state index >= 15 is 0 Å². The highest BCUT2D eigenvalue weighted by molar-refractivity contribution is 7.96. The third-order valence-corrected chi connectivity index (χ3v) is 4.62. The van der Waals surface area contributed by atoms with Crippen molar-refractivity contribution < 1.29 is 0 Å². The first kappa shape index (κ1) is 5.59. The minimum atomic E-state index is 1.02. The molecule has 3 rings (SSSR count). The van der Waals surface area contributed by atoms with Crippen LogP contribution in [-0.4, -0.2) is 10.7 Å². The maximum absolute atomic E-state index is 3.92. The van der Waals surface area contributed by atoms with Crippen LogP contribution in [0.2, 0.25) is 0 Å². The molecule has 0 spiro atoms. The van der Waals surface area contributed by atoms with Gasteiger partial charge in [0, 0.05) is 0 Å². The van der Waals surface area contributed by atoms with Gasteiger partial charge in [0.1, 0.15) is 0 Å². The molecule has 0 aromatic rings. The summed E-state index contributed by atoms with van der Waals surface area (Å²) in [6, 6.07) is 0. The molecular weight excluding hydrogens is 140 g/mol. The van der Waals surface area contributed by atoms with Crippen molar-refractivity contribution in [1.82, 2.24) is 0 Å². The molecule has 0 radical (unpaired) electrons. The van der Waals surface area contributed by atoms with Crippen molar-refractivity contribution in [3.05, 3.63) is 0 Å². The molecule has 0 heterocycles. The van der Waals surface area contributed by atoms with Crippen molar-refractivity contribution >= 4 is 21.7 Å². The van der Waals surface area contributed by atoms with Crippen LogP contribution in [0.4, 0.5) is 0 Å². The molecular formula is C9H12S. The van der Waals surface area contributed by atoms with E-state index in [9.17, 15) is 0 Å². The third kappa shape index (κ3) is 0.430. The lowest BCUT2D eigenvalue weighted by Crippen LogP contribution is -2.46. The normalized spacial score (nSPS) is 55.0. The van der Waals surface area contributed by atoms with Crippen LogP contribution in [0.1, 0.15) is 19.3 Å². The smallest absolute Gasteiger partial charge is 0.00700 e. The van der Waals surface area contributed by atoms with Crippen molar-refractivity contribution in [3.8, 4) is 0 Å². The SMILES string of the molecule is C=S=C1CC2CC3CC1C23. The zero-order valence-electron chi connectivity index (χ0n) is 6.05. The maximum atomic E-state index is 3.92. The Morgan fingerprint density at radius 2 is 2.20 bits per heavy atom. The molecule has 54 valence electrons. The maximum Gasteiger partial charge on any atom is -0.00700 e. The van der Waals surface area contributed by atoms with Gasteiger partial charge in [-0.15, -0.1) is 0 Å². The van der Waals surface area contributed by atoms with E-state index in [0.29, 0.717) is 0 Å². The molecule has 0 nitrogen and oxygen atoms in total. The van der Waals surface area contributed by atoms with Gasteiger partial charge in [-0.2, -0.15) is 10.9 Å². The lowest BCUT2D eigenvalue weighted by Gasteiger charge is -2.52. The number of rotatable bonds is 0. The standard InChI is InChI=1S/C9H12S/c1-10-8-4-6-2-5-3-7(8)9(5)6/h5-7,9H,1-4H2. The Kier molecular flexibility index (Phi) is 0.883. The van der Waals surface area contributed by atoms with Crippen LogP contribution in [0.3, 0.4) is 0 Å². The van der Waals surface area contributed by atoms with Gasteiger partial charge >= 0.3 is 0 Å². The quantitative estimate of drug-likeness (QED) is 0.466. The van der Waals surface area contributed by atoms with Crippen molar-refractivity contribution in [1.29, 1.82) is 0 Å². The summed E-state index contributed by atoms with van der Waals surface area (Å²) in [6.07, 6.45) is 4.48. The van der Waals surface area contributed by atoms with E-state index in [1.54, 1.807) is 22.2 Å². The van der Waals surface area contributed by atoms with E-state index in [-0.39, 0.29) is 0 Å². The summed E-state index contributed by atoms with van der Waals surface area (Å²) in [5.74, 6) is 8.34. The molecule has 0 aromatic heterocycles. The van der Waals surface area contributed by atoms with Crippen molar-refractivity contribution in [2.75, 3.05) is 0 Å². The fourth-order valence-corrected chi connectivity index (χ4v) is 4.03. The first-order valence-corrected chi connectivity index (χ1v) is 5.16. The molecule has 3 fully saturated rings. The Balaban J connectivity index is 2.02. The molecule has 3 saturated carbocycles. The van der Waals surface area contributed by atoms with Crippen LogP contribution in [0.5, 0.6) is 0 Å². The van der Waals surface area contributed by atoms with Crippen LogP contribution >= 0.6 is 10.9 Å². The molecule has 4 unspecified atom stereocenters. The van der Waals surface area contributed by atoms with Crippen LogP contribution in [0.25, 0.3) is 0 Å². The molecule has 0 saturated heterocycles. The van der Waals surface area contributed by atoms with Gasteiger partial charge in [0.25, 0.3) is 0 Å². The average Bonchev–Trinajstić information content (AvgIpc) is 2.06. The Hall–Kier alpha value is -0.0400. The molecule has 0 amide bonds. The summed E-state index contributed by atoms with van der Waals surface area (Å²) in [5, 5.41) is 0. The second-order valence-corrected chi connectivity index (χ2v) is 4.80. The minimum Gasteiger partial charge on any atom is -0.161 e. The second kappa shape index (κ2) is 1.58. The highest BCUT2D eigenvalue weighted by atomic mass is 32.1. The average molecular weight is 152 g/mol. The second-order valence-electron chi connectivity index (χ2n) is 3.99. The molecule has 3 aliphatic rings. The summed E-state index contributed by atoms with van der Waals surface area (Å²) >= 11 is 0.